The lowest BCUT2D eigenvalue weighted by Crippen LogP contribution is -2.44. The zero-order valence-corrected chi connectivity index (χ0v) is 13.8. The van der Waals surface area contributed by atoms with Gasteiger partial charge in [0.2, 0.25) is 0 Å². The summed E-state index contributed by atoms with van der Waals surface area (Å²) in [5.74, 6) is 0.823. The highest BCUT2D eigenvalue weighted by atomic mass is 32.1. The molecule has 6 heteroatoms. The summed E-state index contributed by atoms with van der Waals surface area (Å²) >= 11 is 1.61. The fourth-order valence-electron chi connectivity index (χ4n) is 2.98. The van der Waals surface area contributed by atoms with Gasteiger partial charge in [-0.15, -0.1) is 11.3 Å². The van der Waals surface area contributed by atoms with Crippen LogP contribution in [0, 0.1) is 0 Å². The average Bonchev–Trinajstić information content (AvgIpc) is 3.18. The number of furan rings is 1. The first kappa shape index (κ1) is 15.7. The molecular weight excluding hydrogens is 298 g/mol. The Hall–Kier alpha value is -1.21. The van der Waals surface area contributed by atoms with E-state index in [1.54, 1.807) is 17.6 Å². The van der Waals surface area contributed by atoms with Crippen molar-refractivity contribution in [1.29, 1.82) is 0 Å². The van der Waals surface area contributed by atoms with Crippen molar-refractivity contribution in [2.45, 2.75) is 25.4 Å². The lowest BCUT2D eigenvalue weighted by molar-refractivity contribution is 0.0932. The molecule has 3 rings (SSSR count). The molecule has 22 heavy (non-hydrogen) atoms. The van der Waals surface area contributed by atoms with Crippen molar-refractivity contribution in [2.75, 3.05) is 33.3 Å². The van der Waals surface area contributed by atoms with Crippen molar-refractivity contribution in [1.82, 2.24) is 14.8 Å². The van der Waals surface area contributed by atoms with Crippen LogP contribution in [0.3, 0.4) is 0 Å². The number of rotatable bonds is 6. The third-order valence-electron chi connectivity index (χ3n) is 4.24. The van der Waals surface area contributed by atoms with Crippen LogP contribution in [0.25, 0.3) is 10.8 Å². The number of nitrogens with zero attached hydrogens (tertiary/aromatic N) is 3. The normalized spacial score (nSPS) is 17.4. The van der Waals surface area contributed by atoms with Crippen LogP contribution < -0.4 is 0 Å². The van der Waals surface area contributed by atoms with E-state index in [9.17, 15) is 5.11 Å². The zero-order chi connectivity index (χ0) is 15.4. The Kier molecular flexibility index (Phi) is 5.25. The Bertz CT molecular complexity index is 562. The molecule has 1 saturated heterocycles. The molecule has 1 aliphatic rings. The predicted octanol–water partition coefficient (Wildman–Crippen LogP) is 2.29. The maximum absolute atomic E-state index is 9.37. The van der Waals surface area contributed by atoms with E-state index in [2.05, 4.69) is 27.2 Å². The van der Waals surface area contributed by atoms with Gasteiger partial charge < -0.3 is 14.4 Å². The molecule has 0 aromatic carbocycles. The molecule has 0 aliphatic carbocycles. The molecule has 0 atom stereocenters. The molecule has 0 saturated carbocycles. The van der Waals surface area contributed by atoms with E-state index < -0.39 is 0 Å². The van der Waals surface area contributed by atoms with Gasteiger partial charge in [-0.2, -0.15) is 0 Å². The first-order valence-corrected chi connectivity index (χ1v) is 8.66. The van der Waals surface area contributed by atoms with Crippen LogP contribution in [-0.2, 0) is 6.54 Å². The monoisotopic (exact) mass is 321 g/mol. The van der Waals surface area contributed by atoms with E-state index in [0.717, 1.165) is 48.9 Å². The fourth-order valence-corrected chi connectivity index (χ4v) is 3.76. The van der Waals surface area contributed by atoms with Crippen molar-refractivity contribution in [2.24, 2.45) is 0 Å². The van der Waals surface area contributed by atoms with Gasteiger partial charge in [-0.1, -0.05) is 0 Å². The molecule has 5 nitrogen and oxygen atoms in total. The van der Waals surface area contributed by atoms with Crippen LogP contribution in [0.15, 0.2) is 28.2 Å². The molecule has 1 N–H and O–H groups in total. The second kappa shape index (κ2) is 7.37. The van der Waals surface area contributed by atoms with Gasteiger partial charge in [0.05, 0.1) is 18.6 Å². The molecule has 0 radical (unpaired) electrons. The van der Waals surface area contributed by atoms with Crippen LogP contribution >= 0.6 is 11.3 Å². The quantitative estimate of drug-likeness (QED) is 0.885. The van der Waals surface area contributed by atoms with E-state index >= 15 is 0 Å². The molecule has 120 valence electrons. The van der Waals surface area contributed by atoms with Gasteiger partial charge in [-0.25, -0.2) is 4.98 Å². The number of aliphatic hydroxyl groups is 1. The maximum atomic E-state index is 9.37. The third-order valence-corrected chi connectivity index (χ3v) is 5.15. The molecular formula is C16H23N3O2S. The lowest BCUT2D eigenvalue weighted by Gasteiger charge is -2.36. The first-order valence-electron chi connectivity index (χ1n) is 7.78. The summed E-state index contributed by atoms with van der Waals surface area (Å²) in [6, 6.07) is 4.36. The zero-order valence-electron chi connectivity index (χ0n) is 12.9. The summed E-state index contributed by atoms with van der Waals surface area (Å²) in [6.07, 6.45) is 3.99. The van der Waals surface area contributed by atoms with Crippen molar-refractivity contribution in [3.8, 4) is 10.8 Å². The Morgan fingerprint density at radius 3 is 2.95 bits per heavy atom. The number of likely N-dealkylation sites (tertiary alicyclic amines) is 1. The van der Waals surface area contributed by atoms with Gasteiger partial charge >= 0.3 is 0 Å². The van der Waals surface area contributed by atoms with Gasteiger partial charge in [-0.05, 0) is 45.1 Å². The Morgan fingerprint density at radius 1 is 1.45 bits per heavy atom. The number of aliphatic hydroxyl groups excluding tert-OH is 1. The topological polar surface area (TPSA) is 52.7 Å². The highest BCUT2D eigenvalue weighted by molar-refractivity contribution is 7.13. The van der Waals surface area contributed by atoms with E-state index in [1.807, 2.05) is 12.1 Å². The van der Waals surface area contributed by atoms with Crippen molar-refractivity contribution in [3.05, 3.63) is 29.5 Å². The summed E-state index contributed by atoms with van der Waals surface area (Å²) < 4.78 is 5.40. The van der Waals surface area contributed by atoms with Gasteiger partial charge in [0.25, 0.3) is 0 Å². The van der Waals surface area contributed by atoms with Crippen LogP contribution in [0.1, 0.15) is 18.5 Å². The lowest BCUT2D eigenvalue weighted by atomic mass is 10.0. The average molecular weight is 321 g/mol. The summed E-state index contributed by atoms with van der Waals surface area (Å²) in [6.45, 7) is 3.96. The number of aromatic nitrogens is 1. The van der Waals surface area contributed by atoms with Gasteiger partial charge in [-0.3, -0.25) is 4.90 Å². The molecule has 0 bridgehead atoms. The highest BCUT2D eigenvalue weighted by Gasteiger charge is 2.23. The molecule has 0 spiro atoms. The van der Waals surface area contributed by atoms with E-state index in [0.29, 0.717) is 12.6 Å². The Balaban J connectivity index is 1.66. The molecule has 0 unspecified atom stereocenters. The van der Waals surface area contributed by atoms with E-state index in [4.69, 9.17) is 4.42 Å². The van der Waals surface area contributed by atoms with Crippen LogP contribution in [-0.4, -0.2) is 59.2 Å². The van der Waals surface area contributed by atoms with Crippen molar-refractivity contribution < 1.29 is 9.52 Å². The number of thiazole rings is 1. The summed E-state index contributed by atoms with van der Waals surface area (Å²) in [7, 11) is 2.17. The maximum Gasteiger partial charge on any atom is 0.162 e. The van der Waals surface area contributed by atoms with Gasteiger partial charge in [0, 0.05) is 24.5 Å². The minimum absolute atomic E-state index is 0.196. The van der Waals surface area contributed by atoms with Gasteiger partial charge in [0.1, 0.15) is 0 Å². The van der Waals surface area contributed by atoms with E-state index in [-0.39, 0.29) is 6.61 Å². The third kappa shape index (κ3) is 3.76. The largest absolute Gasteiger partial charge is 0.462 e. The number of piperidine rings is 1. The van der Waals surface area contributed by atoms with Crippen LogP contribution in [0.2, 0.25) is 0 Å². The summed E-state index contributed by atoms with van der Waals surface area (Å²) in [4.78, 5) is 9.41. The standard InChI is InChI=1S/C16H23N3O2S/c1-18-6-4-14(5-7-18)19(8-9-20)11-13-12-22-16(17-13)15-3-2-10-21-15/h2-3,10,12,14,20H,4-9,11H2,1H3. The van der Waals surface area contributed by atoms with Crippen molar-refractivity contribution >= 4 is 11.3 Å². The summed E-state index contributed by atoms with van der Waals surface area (Å²) in [5.41, 5.74) is 1.06. The molecule has 1 aliphatic heterocycles. The highest BCUT2D eigenvalue weighted by Crippen LogP contribution is 2.25. The summed E-state index contributed by atoms with van der Waals surface area (Å²) in [5, 5.41) is 12.4. The second-order valence-corrected chi connectivity index (χ2v) is 6.71. The Labute approximate surface area is 135 Å². The molecule has 2 aromatic rings. The molecule has 1 fully saturated rings. The Morgan fingerprint density at radius 2 is 2.27 bits per heavy atom. The van der Waals surface area contributed by atoms with Crippen LogP contribution in [0.5, 0.6) is 0 Å². The SMILES string of the molecule is CN1CCC(N(CCO)Cc2csc(-c3ccco3)n2)CC1. The van der Waals surface area contributed by atoms with Crippen molar-refractivity contribution in [3.63, 3.8) is 0 Å². The minimum Gasteiger partial charge on any atom is -0.462 e. The number of hydrogen-bond donors (Lipinski definition) is 1. The fraction of sp³-hybridized carbons (Fsp3) is 0.562. The minimum atomic E-state index is 0.196. The molecule has 2 aromatic heterocycles. The number of hydrogen-bond acceptors (Lipinski definition) is 6. The second-order valence-electron chi connectivity index (χ2n) is 5.85. The molecule has 3 heterocycles. The predicted molar refractivity (Wildman–Crippen MR) is 87.8 cm³/mol. The molecule has 0 amide bonds. The smallest absolute Gasteiger partial charge is 0.162 e. The van der Waals surface area contributed by atoms with Gasteiger partial charge in [0.15, 0.2) is 10.8 Å². The van der Waals surface area contributed by atoms with E-state index in [1.165, 1.54) is 0 Å². The first-order chi connectivity index (χ1) is 10.8. The van der Waals surface area contributed by atoms with Crippen LogP contribution in [0.4, 0.5) is 0 Å².